The van der Waals surface area contributed by atoms with Crippen LogP contribution in [0.2, 0.25) is 0 Å². The smallest absolute Gasteiger partial charge is 0.240 e. The second kappa shape index (κ2) is 6.22. The van der Waals surface area contributed by atoms with Crippen molar-refractivity contribution in [3.63, 3.8) is 0 Å². The Morgan fingerprint density at radius 1 is 1.71 bits per heavy atom. The molecule has 94 valence electrons. The summed E-state index contributed by atoms with van der Waals surface area (Å²) in [6.07, 6.45) is 0. The molecule has 1 saturated heterocycles. The Morgan fingerprint density at radius 3 is 3.12 bits per heavy atom. The summed E-state index contributed by atoms with van der Waals surface area (Å²) in [7, 11) is 1.87. The number of nitrogens with zero attached hydrogens (tertiary/aromatic N) is 1. The highest BCUT2D eigenvalue weighted by Gasteiger charge is 2.23. The minimum atomic E-state index is -0.0131. The molecule has 1 aromatic heterocycles. The van der Waals surface area contributed by atoms with Crippen molar-refractivity contribution < 1.29 is 4.79 Å². The van der Waals surface area contributed by atoms with Crippen LogP contribution in [0.4, 0.5) is 0 Å². The molecule has 0 saturated carbocycles. The molecule has 1 unspecified atom stereocenters. The molecule has 1 aromatic rings. The standard InChI is InChI=1S/C11H15BrN2OS2/c1-14(5-8-4-10(12)17-6-8)11(15)9-7-16-3-2-13-9/h4,6,9,13H,2-3,5,7H2,1H3. The van der Waals surface area contributed by atoms with Crippen LogP contribution in [-0.2, 0) is 11.3 Å². The largest absolute Gasteiger partial charge is 0.340 e. The van der Waals surface area contributed by atoms with Crippen LogP contribution in [0.25, 0.3) is 0 Å². The van der Waals surface area contributed by atoms with Crippen molar-refractivity contribution in [1.29, 1.82) is 0 Å². The van der Waals surface area contributed by atoms with Crippen LogP contribution in [0.15, 0.2) is 15.2 Å². The van der Waals surface area contributed by atoms with Gasteiger partial charge in [-0.15, -0.1) is 11.3 Å². The Morgan fingerprint density at radius 2 is 2.53 bits per heavy atom. The number of carbonyl (C=O) groups is 1. The Labute approximate surface area is 118 Å². The van der Waals surface area contributed by atoms with Crippen molar-refractivity contribution >= 4 is 44.9 Å². The maximum atomic E-state index is 12.2. The third-order valence-electron chi connectivity index (χ3n) is 2.64. The lowest BCUT2D eigenvalue weighted by Crippen LogP contribution is -2.49. The summed E-state index contributed by atoms with van der Waals surface area (Å²) >= 11 is 6.93. The molecule has 1 aliphatic rings. The molecule has 1 amide bonds. The average molecular weight is 335 g/mol. The third kappa shape index (κ3) is 3.71. The Balaban J connectivity index is 1.90. The van der Waals surface area contributed by atoms with Crippen molar-refractivity contribution in [2.24, 2.45) is 0 Å². The number of hydrogen-bond acceptors (Lipinski definition) is 4. The van der Waals surface area contributed by atoms with E-state index in [1.54, 1.807) is 16.2 Å². The van der Waals surface area contributed by atoms with E-state index >= 15 is 0 Å². The molecule has 0 aromatic carbocycles. The van der Waals surface area contributed by atoms with Crippen LogP contribution < -0.4 is 5.32 Å². The van der Waals surface area contributed by atoms with Gasteiger partial charge in [-0.2, -0.15) is 11.8 Å². The summed E-state index contributed by atoms with van der Waals surface area (Å²) in [6, 6.07) is 2.05. The molecule has 17 heavy (non-hydrogen) atoms. The second-order valence-electron chi connectivity index (χ2n) is 4.03. The second-order valence-corrected chi connectivity index (χ2v) is 7.48. The van der Waals surface area contributed by atoms with Crippen LogP contribution >= 0.6 is 39.0 Å². The lowest BCUT2D eigenvalue weighted by Gasteiger charge is -2.27. The highest BCUT2D eigenvalue weighted by molar-refractivity contribution is 9.11. The molecule has 1 atom stereocenters. The van der Waals surface area contributed by atoms with E-state index in [-0.39, 0.29) is 11.9 Å². The zero-order valence-electron chi connectivity index (χ0n) is 9.61. The molecule has 2 rings (SSSR count). The Bertz CT molecular complexity index is 391. The molecule has 0 aliphatic carbocycles. The predicted octanol–water partition coefficient (Wildman–Crippen LogP) is 2.17. The summed E-state index contributed by atoms with van der Waals surface area (Å²) < 4.78 is 1.11. The van der Waals surface area contributed by atoms with Crippen molar-refractivity contribution in [1.82, 2.24) is 10.2 Å². The summed E-state index contributed by atoms with van der Waals surface area (Å²) in [5, 5.41) is 5.35. The molecule has 0 spiro atoms. The summed E-state index contributed by atoms with van der Waals surface area (Å²) in [5.41, 5.74) is 1.18. The maximum Gasteiger partial charge on any atom is 0.240 e. The fraction of sp³-hybridized carbons (Fsp3) is 0.545. The molecule has 1 fully saturated rings. The van der Waals surface area contributed by atoms with Gasteiger partial charge in [-0.25, -0.2) is 0 Å². The van der Waals surface area contributed by atoms with E-state index in [1.165, 1.54) is 5.56 Å². The van der Waals surface area contributed by atoms with Gasteiger partial charge in [0.2, 0.25) is 5.91 Å². The van der Waals surface area contributed by atoms with Crippen LogP contribution in [0.3, 0.4) is 0 Å². The molecule has 2 heterocycles. The van der Waals surface area contributed by atoms with E-state index < -0.39 is 0 Å². The van der Waals surface area contributed by atoms with Gasteiger partial charge in [0.05, 0.1) is 9.83 Å². The zero-order chi connectivity index (χ0) is 12.3. The van der Waals surface area contributed by atoms with E-state index in [9.17, 15) is 4.79 Å². The first-order valence-electron chi connectivity index (χ1n) is 5.46. The number of nitrogens with one attached hydrogen (secondary N) is 1. The highest BCUT2D eigenvalue weighted by Crippen LogP contribution is 2.21. The van der Waals surface area contributed by atoms with Crippen molar-refractivity contribution in [2.75, 3.05) is 25.1 Å². The van der Waals surface area contributed by atoms with Gasteiger partial charge in [0.25, 0.3) is 0 Å². The first-order chi connectivity index (χ1) is 8.16. The van der Waals surface area contributed by atoms with Crippen LogP contribution in [0.1, 0.15) is 5.56 Å². The number of hydrogen-bond donors (Lipinski definition) is 1. The average Bonchev–Trinajstić information content (AvgIpc) is 2.75. The molecular weight excluding hydrogens is 320 g/mol. The molecule has 0 radical (unpaired) electrons. The summed E-state index contributed by atoms with van der Waals surface area (Å²) in [4.78, 5) is 14.0. The number of amides is 1. The van der Waals surface area contributed by atoms with Crippen molar-refractivity contribution in [2.45, 2.75) is 12.6 Å². The molecular formula is C11H15BrN2OS2. The van der Waals surface area contributed by atoms with E-state index in [4.69, 9.17) is 0 Å². The Kier molecular flexibility index (Phi) is 4.90. The molecule has 3 nitrogen and oxygen atoms in total. The molecule has 1 aliphatic heterocycles. The van der Waals surface area contributed by atoms with E-state index in [0.717, 1.165) is 21.8 Å². The SMILES string of the molecule is CN(Cc1csc(Br)c1)C(=O)C1CSCCN1. The predicted molar refractivity (Wildman–Crippen MR) is 77.6 cm³/mol. The minimum absolute atomic E-state index is 0.0131. The normalized spacial score (nSPS) is 20.2. The number of carbonyl (C=O) groups excluding carboxylic acids is 1. The van der Waals surface area contributed by atoms with Crippen molar-refractivity contribution in [3.8, 4) is 0 Å². The van der Waals surface area contributed by atoms with E-state index in [1.807, 2.05) is 18.8 Å². The van der Waals surface area contributed by atoms with Crippen LogP contribution in [0, 0.1) is 0 Å². The lowest BCUT2D eigenvalue weighted by atomic mass is 10.2. The van der Waals surface area contributed by atoms with Gasteiger partial charge in [0.1, 0.15) is 0 Å². The number of thiophene rings is 1. The Hall–Kier alpha value is -0.0400. The fourth-order valence-electron chi connectivity index (χ4n) is 1.77. The van der Waals surface area contributed by atoms with Crippen LogP contribution in [-0.4, -0.2) is 41.9 Å². The fourth-order valence-corrected chi connectivity index (χ4v) is 3.90. The number of thioether (sulfide) groups is 1. The van der Waals surface area contributed by atoms with Gasteiger partial charge in [-0.3, -0.25) is 4.79 Å². The highest BCUT2D eigenvalue weighted by atomic mass is 79.9. The number of rotatable bonds is 3. The van der Waals surface area contributed by atoms with E-state index in [0.29, 0.717) is 6.54 Å². The zero-order valence-corrected chi connectivity index (χ0v) is 12.8. The van der Waals surface area contributed by atoms with Crippen molar-refractivity contribution in [3.05, 3.63) is 20.8 Å². The van der Waals surface area contributed by atoms with Gasteiger partial charge >= 0.3 is 0 Å². The molecule has 1 N–H and O–H groups in total. The van der Waals surface area contributed by atoms with Crippen LogP contribution in [0.5, 0.6) is 0 Å². The lowest BCUT2D eigenvalue weighted by molar-refractivity contribution is -0.132. The quantitative estimate of drug-likeness (QED) is 0.919. The van der Waals surface area contributed by atoms with Gasteiger partial charge in [-0.1, -0.05) is 0 Å². The monoisotopic (exact) mass is 334 g/mol. The first-order valence-corrected chi connectivity index (χ1v) is 8.28. The van der Waals surface area contributed by atoms with Gasteiger partial charge in [0.15, 0.2) is 0 Å². The van der Waals surface area contributed by atoms with Gasteiger partial charge in [-0.05, 0) is 32.9 Å². The molecule has 0 bridgehead atoms. The molecule has 6 heteroatoms. The number of halogens is 1. The first kappa shape index (κ1) is 13.4. The number of likely N-dealkylation sites (N-methyl/N-ethyl adjacent to an activating group) is 1. The minimum Gasteiger partial charge on any atom is -0.340 e. The van der Waals surface area contributed by atoms with E-state index in [2.05, 4.69) is 32.7 Å². The summed E-state index contributed by atoms with van der Waals surface area (Å²) in [5.74, 6) is 2.18. The summed E-state index contributed by atoms with van der Waals surface area (Å²) in [6.45, 7) is 1.61. The third-order valence-corrected chi connectivity index (χ3v) is 5.25. The van der Waals surface area contributed by atoms with Gasteiger partial charge in [0, 0.05) is 31.6 Å². The maximum absolute atomic E-state index is 12.2. The topological polar surface area (TPSA) is 32.3 Å². The van der Waals surface area contributed by atoms with Gasteiger partial charge < -0.3 is 10.2 Å².